The molecule has 0 bridgehead atoms. The number of hydrogen-bond donors (Lipinski definition) is 2. The molecule has 0 aliphatic carbocycles. The molecule has 0 saturated heterocycles. The number of hydrogen-bond acceptors (Lipinski definition) is 3. The molecular formula is C28H30F3N3O3. The Bertz CT molecular complexity index is 1320. The quantitative estimate of drug-likeness (QED) is 0.433. The lowest BCUT2D eigenvalue weighted by Crippen LogP contribution is -2.41. The fourth-order valence-electron chi connectivity index (χ4n) is 4.49. The lowest BCUT2D eigenvalue weighted by molar-refractivity contribution is -0.274. The molecule has 0 saturated carbocycles. The highest BCUT2D eigenvalue weighted by atomic mass is 19.4. The zero-order valence-corrected chi connectivity index (χ0v) is 21.2. The van der Waals surface area contributed by atoms with Gasteiger partial charge in [0.05, 0.1) is 11.7 Å². The van der Waals surface area contributed by atoms with Crippen LogP contribution in [0.4, 0.5) is 13.2 Å². The van der Waals surface area contributed by atoms with Gasteiger partial charge in [-0.25, -0.2) is 0 Å². The summed E-state index contributed by atoms with van der Waals surface area (Å²) in [7, 11) is 0. The number of amides is 2. The Kier molecular flexibility index (Phi) is 7.08. The van der Waals surface area contributed by atoms with E-state index in [2.05, 4.69) is 15.4 Å². The van der Waals surface area contributed by atoms with Crippen LogP contribution in [0.25, 0.3) is 22.4 Å². The fourth-order valence-corrected chi connectivity index (χ4v) is 4.49. The minimum atomic E-state index is -4.82. The van der Waals surface area contributed by atoms with E-state index in [0.717, 1.165) is 16.8 Å². The number of fused-ring (bicyclic) bond motifs is 1. The van der Waals surface area contributed by atoms with E-state index in [-0.39, 0.29) is 23.6 Å². The summed E-state index contributed by atoms with van der Waals surface area (Å²) in [6.07, 6.45) is -4.26. The summed E-state index contributed by atoms with van der Waals surface area (Å²) in [4.78, 5) is 25.3. The zero-order valence-electron chi connectivity index (χ0n) is 21.2. The van der Waals surface area contributed by atoms with E-state index in [1.165, 1.54) is 18.2 Å². The van der Waals surface area contributed by atoms with Gasteiger partial charge in [0.1, 0.15) is 11.4 Å². The summed E-state index contributed by atoms with van der Waals surface area (Å²) in [5.41, 5.74) is 3.56. The summed E-state index contributed by atoms with van der Waals surface area (Å²) < 4.78 is 44.8. The largest absolute Gasteiger partial charge is 0.573 e. The maximum absolute atomic E-state index is 12.9. The molecule has 1 aliphatic heterocycles. The first-order valence-electron chi connectivity index (χ1n) is 12.1. The molecule has 4 rings (SSSR count). The maximum atomic E-state index is 12.9. The Morgan fingerprint density at radius 2 is 1.78 bits per heavy atom. The smallest absolute Gasteiger partial charge is 0.406 e. The average molecular weight is 514 g/mol. The van der Waals surface area contributed by atoms with Crippen molar-refractivity contribution in [1.29, 1.82) is 0 Å². The molecule has 196 valence electrons. The molecule has 0 fully saturated rings. The van der Waals surface area contributed by atoms with Gasteiger partial charge in [-0.15, -0.1) is 13.2 Å². The first-order valence-corrected chi connectivity index (χ1v) is 12.1. The van der Waals surface area contributed by atoms with Crippen molar-refractivity contribution in [2.24, 2.45) is 5.41 Å². The van der Waals surface area contributed by atoms with E-state index < -0.39 is 11.8 Å². The number of ether oxygens (including phenoxy) is 1. The highest BCUT2D eigenvalue weighted by Gasteiger charge is 2.33. The molecule has 0 unspecified atom stereocenters. The van der Waals surface area contributed by atoms with Crippen molar-refractivity contribution in [1.82, 2.24) is 15.2 Å². The van der Waals surface area contributed by atoms with Gasteiger partial charge >= 0.3 is 6.36 Å². The molecule has 9 heteroatoms. The van der Waals surface area contributed by atoms with Gasteiger partial charge in [-0.2, -0.15) is 0 Å². The van der Waals surface area contributed by atoms with Gasteiger partial charge in [0, 0.05) is 24.1 Å². The first-order chi connectivity index (χ1) is 17.3. The topological polar surface area (TPSA) is 72.4 Å². The summed E-state index contributed by atoms with van der Waals surface area (Å²) in [5, 5.41) is 5.87. The predicted octanol–water partition coefficient (Wildman–Crippen LogP) is 5.87. The summed E-state index contributed by atoms with van der Waals surface area (Å²) in [5.74, 6) is -0.672. The van der Waals surface area contributed by atoms with Crippen LogP contribution in [-0.4, -0.2) is 35.8 Å². The van der Waals surface area contributed by atoms with Crippen molar-refractivity contribution in [2.75, 3.05) is 13.1 Å². The second-order valence-corrected chi connectivity index (χ2v) is 10.3. The van der Waals surface area contributed by atoms with Gasteiger partial charge < -0.3 is 19.9 Å². The Morgan fingerprint density at radius 3 is 2.46 bits per heavy atom. The molecule has 6 nitrogen and oxygen atoms in total. The third-order valence-corrected chi connectivity index (χ3v) is 6.25. The lowest BCUT2D eigenvalue weighted by Gasteiger charge is -2.29. The van der Waals surface area contributed by atoms with Crippen molar-refractivity contribution >= 4 is 11.8 Å². The monoisotopic (exact) mass is 513 g/mol. The number of alkyl halides is 3. The van der Waals surface area contributed by atoms with Gasteiger partial charge in [-0.3, -0.25) is 9.59 Å². The van der Waals surface area contributed by atoms with Crippen molar-refractivity contribution in [3.8, 4) is 28.1 Å². The minimum absolute atomic E-state index is 0.0684. The maximum Gasteiger partial charge on any atom is 0.573 e. The fraction of sp³-hybridized carbons (Fsp3) is 0.357. The molecular weight excluding hydrogens is 483 g/mol. The number of halogens is 3. The van der Waals surface area contributed by atoms with Crippen LogP contribution in [0.1, 0.15) is 49.3 Å². The molecule has 2 amide bonds. The number of nitrogens with zero attached hydrogens (tertiary/aromatic N) is 1. The number of benzene rings is 2. The van der Waals surface area contributed by atoms with Crippen LogP contribution in [0.3, 0.4) is 0 Å². The molecule has 2 N–H and O–H groups in total. The number of aromatic nitrogens is 1. The molecule has 1 atom stereocenters. The average Bonchev–Trinajstić information content (AvgIpc) is 3.21. The molecule has 0 radical (unpaired) electrons. The van der Waals surface area contributed by atoms with Crippen molar-refractivity contribution in [3.63, 3.8) is 0 Å². The predicted molar refractivity (Wildman–Crippen MR) is 135 cm³/mol. The van der Waals surface area contributed by atoms with Gasteiger partial charge in [-0.05, 0) is 48.7 Å². The molecule has 1 aliphatic rings. The van der Waals surface area contributed by atoms with Crippen LogP contribution in [0.15, 0.2) is 54.6 Å². The lowest BCUT2D eigenvalue weighted by atomic mass is 9.95. The normalized spacial score (nSPS) is 15.6. The molecule has 1 aromatic heterocycles. The molecule has 2 aromatic carbocycles. The standard InChI is InChI=1S/C28H30F3N3O3/c1-17-7-5-9-19(13-17)24-22(18-8-6-10-21(14-18)37-28(29,30)31)15-23-25(35)33-16-20(34(23)24)11-12-32-26(36)27(2,3)4/h5-10,13-15,20H,11-12,16H2,1-4H3,(H,32,36)(H,33,35)/t20-/m0/s1. The SMILES string of the molecule is Cc1cccc(-c2c(-c3cccc(OC(F)(F)F)c3)cc3n2[C@@H](CCNC(=O)C(C)(C)C)CNC3=O)c1. The number of rotatable bonds is 6. The van der Waals surface area contributed by atoms with Crippen LogP contribution in [0, 0.1) is 12.3 Å². The van der Waals surface area contributed by atoms with Crippen molar-refractivity contribution < 1.29 is 27.5 Å². The van der Waals surface area contributed by atoms with Crippen LogP contribution in [0.5, 0.6) is 5.75 Å². The Hall–Kier alpha value is -3.75. The van der Waals surface area contributed by atoms with E-state index in [4.69, 9.17) is 0 Å². The Labute approximate surface area is 213 Å². The number of nitrogens with one attached hydrogen (secondary N) is 2. The Balaban J connectivity index is 1.80. The molecule has 37 heavy (non-hydrogen) atoms. The second-order valence-electron chi connectivity index (χ2n) is 10.3. The van der Waals surface area contributed by atoms with E-state index in [0.29, 0.717) is 36.3 Å². The summed E-state index contributed by atoms with van der Waals surface area (Å²) in [6.45, 7) is 8.24. The number of carbonyl (C=O) groups is 2. The third kappa shape index (κ3) is 5.98. The second kappa shape index (κ2) is 9.95. The molecule has 3 aromatic rings. The third-order valence-electron chi connectivity index (χ3n) is 6.25. The van der Waals surface area contributed by atoms with Crippen LogP contribution in [0.2, 0.25) is 0 Å². The van der Waals surface area contributed by atoms with Crippen LogP contribution in [-0.2, 0) is 4.79 Å². The van der Waals surface area contributed by atoms with Gasteiger partial charge in [0.15, 0.2) is 0 Å². The van der Waals surface area contributed by atoms with Gasteiger partial charge in [0.2, 0.25) is 5.91 Å². The molecule has 2 heterocycles. The van der Waals surface area contributed by atoms with Gasteiger partial charge in [-0.1, -0.05) is 56.7 Å². The summed E-state index contributed by atoms with van der Waals surface area (Å²) in [6, 6.07) is 15.0. The molecule has 0 spiro atoms. The van der Waals surface area contributed by atoms with Crippen LogP contribution < -0.4 is 15.4 Å². The first kappa shape index (κ1) is 26.3. The Morgan fingerprint density at radius 1 is 1.08 bits per heavy atom. The van der Waals surface area contributed by atoms with Crippen molar-refractivity contribution in [2.45, 2.75) is 46.5 Å². The zero-order chi connectivity index (χ0) is 27.0. The highest BCUT2D eigenvalue weighted by molar-refractivity contribution is 5.98. The highest BCUT2D eigenvalue weighted by Crippen LogP contribution is 2.40. The van der Waals surface area contributed by atoms with Gasteiger partial charge in [0.25, 0.3) is 5.91 Å². The van der Waals surface area contributed by atoms with Crippen LogP contribution >= 0.6 is 0 Å². The number of aryl methyl sites for hydroxylation is 1. The van der Waals surface area contributed by atoms with E-state index >= 15 is 0 Å². The summed E-state index contributed by atoms with van der Waals surface area (Å²) >= 11 is 0. The van der Waals surface area contributed by atoms with E-state index in [1.54, 1.807) is 12.1 Å². The van der Waals surface area contributed by atoms with E-state index in [1.807, 2.05) is 56.5 Å². The number of carbonyl (C=O) groups excluding carboxylic acids is 2. The van der Waals surface area contributed by atoms with Crippen molar-refractivity contribution in [3.05, 3.63) is 65.9 Å². The minimum Gasteiger partial charge on any atom is -0.406 e. The van der Waals surface area contributed by atoms with E-state index in [9.17, 15) is 22.8 Å².